The van der Waals surface area contributed by atoms with Gasteiger partial charge in [0.25, 0.3) is 0 Å². The zero-order valence-electron chi connectivity index (χ0n) is 6.49. The summed E-state index contributed by atoms with van der Waals surface area (Å²) in [7, 11) is 0. The van der Waals surface area contributed by atoms with Crippen LogP contribution in [-0.2, 0) is 4.79 Å². The molecule has 1 unspecified atom stereocenters. The molecule has 0 radical (unpaired) electrons. The van der Waals surface area contributed by atoms with Crippen LogP contribution in [0.25, 0.3) is 0 Å². The molecule has 0 aliphatic rings. The predicted molar refractivity (Wildman–Crippen MR) is 40.5 cm³/mol. The second-order valence-corrected chi connectivity index (χ2v) is 2.38. The molecule has 0 bridgehead atoms. The molecule has 0 aliphatic heterocycles. The standard InChI is InChI=1S/C8H8FNO2/c1-5-6(3-2-4-10-5)7(9)8(11)12/h2-4,7H,1H3,(H,11,12). The van der Waals surface area contributed by atoms with Gasteiger partial charge in [-0.1, -0.05) is 6.07 Å². The number of hydrogen-bond acceptors (Lipinski definition) is 2. The van der Waals surface area contributed by atoms with E-state index in [9.17, 15) is 9.18 Å². The number of aliphatic carboxylic acids is 1. The second-order valence-electron chi connectivity index (χ2n) is 2.38. The van der Waals surface area contributed by atoms with Crippen molar-refractivity contribution in [3.8, 4) is 0 Å². The number of pyridine rings is 1. The van der Waals surface area contributed by atoms with Gasteiger partial charge < -0.3 is 5.11 Å². The Morgan fingerprint density at radius 3 is 2.92 bits per heavy atom. The first-order chi connectivity index (χ1) is 5.63. The van der Waals surface area contributed by atoms with Gasteiger partial charge in [0.1, 0.15) is 0 Å². The Morgan fingerprint density at radius 2 is 2.42 bits per heavy atom. The normalized spacial score (nSPS) is 12.5. The van der Waals surface area contributed by atoms with E-state index < -0.39 is 12.1 Å². The summed E-state index contributed by atoms with van der Waals surface area (Å²) < 4.78 is 12.9. The van der Waals surface area contributed by atoms with Gasteiger partial charge in [-0.25, -0.2) is 9.18 Å². The predicted octanol–water partition coefficient (Wildman–Crippen LogP) is 1.49. The molecule has 3 nitrogen and oxygen atoms in total. The molecule has 0 spiro atoms. The number of nitrogens with zero attached hydrogens (tertiary/aromatic N) is 1. The first-order valence-electron chi connectivity index (χ1n) is 3.41. The van der Waals surface area contributed by atoms with Crippen LogP contribution in [0, 0.1) is 6.92 Å². The Morgan fingerprint density at radius 1 is 1.75 bits per heavy atom. The van der Waals surface area contributed by atoms with Crippen LogP contribution in [0.1, 0.15) is 17.4 Å². The molecule has 0 aromatic carbocycles. The third-order valence-corrected chi connectivity index (χ3v) is 1.54. The fraction of sp³-hybridized carbons (Fsp3) is 0.250. The summed E-state index contributed by atoms with van der Waals surface area (Å²) in [5, 5.41) is 8.36. The summed E-state index contributed by atoms with van der Waals surface area (Å²) in [6, 6.07) is 2.93. The van der Waals surface area contributed by atoms with Crippen LogP contribution >= 0.6 is 0 Å². The quantitative estimate of drug-likeness (QED) is 0.729. The van der Waals surface area contributed by atoms with E-state index in [2.05, 4.69) is 4.98 Å². The molecule has 1 aromatic heterocycles. The summed E-state index contributed by atoms with van der Waals surface area (Å²) in [5.41, 5.74) is 0.525. The van der Waals surface area contributed by atoms with Gasteiger partial charge >= 0.3 is 5.97 Å². The van der Waals surface area contributed by atoms with Crippen molar-refractivity contribution in [1.29, 1.82) is 0 Å². The number of rotatable bonds is 2. The SMILES string of the molecule is Cc1ncccc1C(F)C(=O)O. The molecule has 0 saturated heterocycles. The molecule has 0 aliphatic carbocycles. The molecule has 4 heteroatoms. The third-order valence-electron chi connectivity index (χ3n) is 1.54. The number of carboxylic acids is 1. The highest BCUT2D eigenvalue weighted by Gasteiger charge is 2.20. The minimum Gasteiger partial charge on any atom is -0.479 e. The van der Waals surface area contributed by atoms with E-state index in [0.29, 0.717) is 5.69 Å². The highest BCUT2D eigenvalue weighted by Crippen LogP contribution is 2.19. The molecule has 0 amide bonds. The van der Waals surface area contributed by atoms with Crippen LogP contribution in [0.15, 0.2) is 18.3 Å². The van der Waals surface area contributed by atoms with Crippen molar-refractivity contribution < 1.29 is 14.3 Å². The Balaban J connectivity index is 3.02. The fourth-order valence-corrected chi connectivity index (χ4v) is 0.898. The largest absolute Gasteiger partial charge is 0.479 e. The van der Waals surface area contributed by atoms with E-state index in [4.69, 9.17) is 5.11 Å². The van der Waals surface area contributed by atoms with E-state index in [-0.39, 0.29) is 5.56 Å². The maximum atomic E-state index is 12.9. The molecule has 64 valence electrons. The molecule has 1 rings (SSSR count). The van der Waals surface area contributed by atoms with Crippen LogP contribution in [0.3, 0.4) is 0 Å². The summed E-state index contributed by atoms with van der Waals surface area (Å²) in [5.74, 6) is -1.48. The van der Waals surface area contributed by atoms with Crippen LogP contribution in [-0.4, -0.2) is 16.1 Å². The molecule has 0 saturated carbocycles. The van der Waals surface area contributed by atoms with E-state index in [1.165, 1.54) is 18.3 Å². The average Bonchev–Trinajstić information content (AvgIpc) is 2.04. The van der Waals surface area contributed by atoms with Crippen LogP contribution in [0.5, 0.6) is 0 Å². The van der Waals surface area contributed by atoms with E-state index >= 15 is 0 Å². The van der Waals surface area contributed by atoms with Crippen molar-refractivity contribution in [3.63, 3.8) is 0 Å². The number of aromatic nitrogens is 1. The summed E-state index contributed by atoms with van der Waals surface area (Å²) in [6.07, 6.45) is -0.480. The number of carbonyl (C=O) groups is 1. The minimum atomic E-state index is -1.97. The molecular weight excluding hydrogens is 161 g/mol. The monoisotopic (exact) mass is 169 g/mol. The molecule has 1 N–H and O–H groups in total. The smallest absolute Gasteiger partial charge is 0.343 e. The Hall–Kier alpha value is -1.45. The molecule has 1 atom stereocenters. The summed E-state index contributed by atoms with van der Waals surface area (Å²) in [4.78, 5) is 14.0. The lowest BCUT2D eigenvalue weighted by Crippen LogP contribution is -2.08. The maximum absolute atomic E-state index is 12.9. The molecular formula is C8H8FNO2. The maximum Gasteiger partial charge on any atom is 0.343 e. The van der Waals surface area contributed by atoms with Gasteiger partial charge in [0.05, 0.1) is 0 Å². The molecule has 1 aromatic rings. The van der Waals surface area contributed by atoms with Crippen molar-refractivity contribution in [1.82, 2.24) is 4.98 Å². The van der Waals surface area contributed by atoms with Gasteiger partial charge in [-0.2, -0.15) is 0 Å². The Bertz CT molecular complexity index is 301. The number of carboxylic acid groups (broad SMARTS) is 1. The highest BCUT2D eigenvalue weighted by atomic mass is 19.1. The van der Waals surface area contributed by atoms with E-state index in [1.54, 1.807) is 6.92 Å². The fourth-order valence-electron chi connectivity index (χ4n) is 0.898. The summed E-state index contributed by atoms with van der Waals surface area (Å²) in [6.45, 7) is 1.57. The number of alkyl halides is 1. The van der Waals surface area contributed by atoms with Crippen molar-refractivity contribution in [2.75, 3.05) is 0 Å². The highest BCUT2D eigenvalue weighted by molar-refractivity contribution is 5.74. The topological polar surface area (TPSA) is 50.2 Å². The van der Waals surface area contributed by atoms with Gasteiger partial charge in [0.15, 0.2) is 0 Å². The second kappa shape index (κ2) is 3.30. The number of halogens is 1. The van der Waals surface area contributed by atoms with Gasteiger partial charge in [-0.3, -0.25) is 4.98 Å². The van der Waals surface area contributed by atoms with Crippen LogP contribution in [0.4, 0.5) is 4.39 Å². The van der Waals surface area contributed by atoms with Crippen LogP contribution in [0.2, 0.25) is 0 Å². The van der Waals surface area contributed by atoms with Crippen molar-refractivity contribution in [2.45, 2.75) is 13.1 Å². The van der Waals surface area contributed by atoms with Crippen molar-refractivity contribution >= 4 is 5.97 Å². The zero-order chi connectivity index (χ0) is 9.14. The minimum absolute atomic E-state index is 0.116. The molecule has 1 heterocycles. The van der Waals surface area contributed by atoms with Gasteiger partial charge in [-0.15, -0.1) is 0 Å². The van der Waals surface area contributed by atoms with Crippen molar-refractivity contribution in [3.05, 3.63) is 29.6 Å². The van der Waals surface area contributed by atoms with Gasteiger partial charge in [-0.05, 0) is 13.0 Å². The number of hydrogen-bond donors (Lipinski definition) is 1. The van der Waals surface area contributed by atoms with Gasteiger partial charge in [0.2, 0.25) is 6.17 Å². The third kappa shape index (κ3) is 1.58. The lowest BCUT2D eigenvalue weighted by Gasteiger charge is -2.04. The van der Waals surface area contributed by atoms with E-state index in [0.717, 1.165) is 0 Å². The molecule has 12 heavy (non-hydrogen) atoms. The van der Waals surface area contributed by atoms with Crippen molar-refractivity contribution in [2.24, 2.45) is 0 Å². The Labute approximate surface area is 68.9 Å². The summed E-state index contributed by atoms with van der Waals surface area (Å²) >= 11 is 0. The molecule has 0 fully saturated rings. The average molecular weight is 169 g/mol. The first kappa shape index (κ1) is 8.64. The van der Waals surface area contributed by atoms with Gasteiger partial charge in [0, 0.05) is 17.5 Å². The van der Waals surface area contributed by atoms with E-state index in [1.807, 2.05) is 0 Å². The first-order valence-corrected chi connectivity index (χ1v) is 3.41. The lowest BCUT2D eigenvalue weighted by atomic mass is 10.1. The lowest BCUT2D eigenvalue weighted by molar-refractivity contribution is -0.143. The zero-order valence-corrected chi connectivity index (χ0v) is 6.49. The Kier molecular flexibility index (Phi) is 2.38. The number of aryl methyl sites for hydroxylation is 1. The van der Waals surface area contributed by atoms with Crippen LogP contribution < -0.4 is 0 Å².